The summed E-state index contributed by atoms with van der Waals surface area (Å²) in [6.07, 6.45) is 3.02. The van der Waals surface area contributed by atoms with Crippen LogP contribution >= 0.6 is 23.1 Å². The fourth-order valence-corrected chi connectivity index (χ4v) is 5.73. The third-order valence-corrected chi connectivity index (χ3v) is 7.38. The lowest BCUT2D eigenvalue weighted by Crippen LogP contribution is -2.26. The van der Waals surface area contributed by atoms with Crippen molar-refractivity contribution in [1.82, 2.24) is 15.1 Å². The molecule has 0 radical (unpaired) electrons. The normalized spacial score (nSPS) is 16.8. The molecule has 0 spiro atoms. The second kappa shape index (κ2) is 7.60. The summed E-state index contributed by atoms with van der Waals surface area (Å²) in [5, 5.41) is 7.58. The van der Waals surface area contributed by atoms with E-state index in [4.69, 9.17) is 4.52 Å². The van der Waals surface area contributed by atoms with Crippen molar-refractivity contribution in [3.8, 4) is 0 Å². The molecule has 3 heterocycles. The van der Waals surface area contributed by atoms with Gasteiger partial charge in [-0.2, -0.15) is 0 Å². The van der Waals surface area contributed by atoms with Crippen molar-refractivity contribution in [2.24, 2.45) is 11.3 Å². The first-order valence-corrected chi connectivity index (χ1v) is 11.4. The number of amides is 1. The highest BCUT2D eigenvalue weighted by molar-refractivity contribution is 7.99. The van der Waals surface area contributed by atoms with Gasteiger partial charge >= 0.3 is 0 Å². The Morgan fingerprint density at radius 1 is 1.45 bits per heavy atom. The number of thiophene rings is 1. The summed E-state index contributed by atoms with van der Waals surface area (Å²) >= 11 is 2.82. The molecule has 0 bridgehead atoms. The minimum Gasteiger partial charge on any atom is -0.360 e. The van der Waals surface area contributed by atoms with Crippen LogP contribution in [-0.2, 0) is 17.6 Å². The standard InChI is InChI=1S/C20H24N4O3S2/c1-10-7-14(24-27-10)21-15(25)9-28-19-22-17(26)16-12-6-5-11(20(2,3)4)8-13(12)29-18(16)23-19/h7,11H,5-6,8-9H2,1-4H3,(H,21,24,25)(H,22,23,26)/t11-/m0/s1. The van der Waals surface area contributed by atoms with Crippen LogP contribution < -0.4 is 10.9 Å². The number of anilines is 1. The summed E-state index contributed by atoms with van der Waals surface area (Å²) < 4.78 is 4.93. The number of hydrogen-bond donors (Lipinski definition) is 2. The summed E-state index contributed by atoms with van der Waals surface area (Å²) in [7, 11) is 0. The number of thioether (sulfide) groups is 1. The average molecular weight is 433 g/mol. The van der Waals surface area contributed by atoms with Gasteiger partial charge in [0.15, 0.2) is 11.0 Å². The van der Waals surface area contributed by atoms with E-state index >= 15 is 0 Å². The lowest BCUT2D eigenvalue weighted by molar-refractivity contribution is -0.113. The zero-order valence-electron chi connectivity index (χ0n) is 16.9. The molecule has 29 heavy (non-hydrogen) atoms. The second-order valence-corrected chi connectivity index (χ2v) is 10.6. The zero-order valence-corrected chi connectivity index (χ0v) is 18.6. The van der Waals surface area contributed by atoms with Crippen molar-refractivity contribution in [3.05, 3.63) is 32.6 Å². The van der Waals surface area contributed by atoms with Gasteiger partial charge in [0, 0.05) is 10.9 Å². The minimum absolute atomic E-state index is 0.114. The molecule has 154 valence electrons. The summed E-state index contributed by atoms with van der Waals surface area (Å²) in [6, 6.07) is 1.65. The Morgan fingerprint density at radius 3 is 2.93 bits per heavy atom. The summed E-state index contributed by atoms with van der Waals surface area (Å²) in [4.78, 5) is 34.3. The molecular formula is C20H24N4O3S2. The number of rotatable bonds is 4. The number of aromatic nitrogens is 3. The molecule has 2 N–H and O–H groups in total. The van der Waals surface area contributed by atoms with Gasteiger partial charge in [0.25, 0.3) is 5.56 Å². The van der Waals surface area contributed by atoms with Crippen molar-refractivity contribution < 1.29 is 9.32 Å². The van der Waals surface area contributed by atoms with E-state index < -0.39 is 0 Å². The Kier molecular flexibility index (Phi) is 5.29. The van der Waals surface area contributed by atoms with Gasteiger partial charge in [-0.3, -0.25) is 9.59 Å². The van der Waals surface area contributed by atoms with Gasteiger partial charge in [0.1, 0.15) is 10.6 Å². The minimum atomic E-state index is -0.232. The number of aromatic amines is 1. The monoisotopic (exact) mass is 432 g/mol. The number of H-pyrrole nitrogens is 1. The lowest BCUT2D eigenvalue weighted by Gasteiger charge is -2.33. The Morgan fingerprint density at radius 2 is 2.24 bits per heavy atom. The largest absolute Gasteiger partial charge is 0.360 e. The summed E-state index contributed by atoms with van der Waals surface area (Å²) in [5.74, 6) is 1.51. The first kappa shape index (κ1) is 20.2. The maximum Gasteiger partial charge on any atom is 0.260 e. The molecule has 0 unspecified atom stereocenters. The molecule has 1 atom stereocenters. The maximum absolute atomic E-state index is 12.7. The zero-order chi connectivity index (χ0) is 20.8. The van der Waals surface area contributed by atoms with E-state index in [1.807, 2.05) is 0 Å². The van der Waals surface area contributed by atoms with E-state index in [9.17, 15) is 9.59 Å². The van der Waals surface area contributed by atoms with Gasteiger partial charge in [-0.1, -0.05) is 37.7 Å². The number of nitrogens with one attached hydrogen (secondary N) is 2. The average Bonchev–Trinajstić information content (AvgIpc) is 3.21. The molecule has 9 heteroatoms. The first-order chi connectivity index (χ1) is 13.7. The number of nitrogens with zero attached hydrogens (tertiary/aromatic N) is 2. The van der Waals surface area contributed by atoms with Gasteiger partial charge in [0.2, 0.25) is 5.91 Å². The SMILES string of the molecule is Cc1cc(NC(=O)CSc2nc3sc4c(c3c(=O)[nH]2)CC[C@H](C(C)(C)C)C4)no1. The van der Waals surface area contributed by atoms with Crippen molar-refractivity contribution in [1.29, 1.82) is 0 Å². The van der Waals surface area contributed by atoms with Crippen molar-refractivity contribution >= 4 is 45.0 Å². The lowest BCUT2D eigenvalue weighted by atomic mass is 9.72. The molecule has 1 amide bonds. The van der Waals surface area contributed by atoms with E-state index in [1.165, 1.54) is 16.6 Å². The van der Waals surface area contributed by atoms with Gasteiger partial charge < -0.3 is 14.8 Å². The molecule has 3 aromatic rings. The molecule has 0 aromatic carbocycles. The number of carbonyl (C=O) groups is 1. The van der Waals surface area contributed by atoms with Gasteiger partial charge in [-0.05, 0) is 43.1 Å². The molecule has 0 aliphatic heterocycles. The number of carbonyl (C=O) groups excluding carboxylic acids is 1. The predicted octanol–water partition coefficient (Wildman–Crippen LogP) is 4.16. The van der Waals surface area contributed by atoms with Gasteiger partial charge in [-0.15, -0.1) is 11.3 Å². The third-order valence-electron chi connectivity index (χ3n) is 5.36. The second-order valence-electron chi connectivity index (χ2n) is 8.52. The summed E-state index contributed by atoms with van der Waals surface area (Å²) in [5.41, 5.74) is 1.30. The van der Waals surface area contributed by atoms with Crippen molar-refractivity contribution in [2.45, 2.75) is 52.1 Å². The Bertz CT molecular complexity index is 1120. The van der Waals surface area contributed by atoms with Crippen LogP contribution in [0, 0.1) is 18.3 Å². The Hall–Kier alpha value is -2.13. The summed E-state index contributed by atoms with van der Waals surface area (Å²) in [6.45, 7) is 8.59. The van der Waals surface area contributed by atoms with Crippen LogP contribution in [0.4, 0.5) is 5.82 Å². The van der Waals surface area contributed by atoms with Crippen LogP contribution in [0.3, 0.4) is 0 Å². The van der Waals surface area contributed by atoms with E-state index in [0.29, 0.717) is 22.7 Å². The Balaban J connectivity index is 1.51. The van der Waals surface area contributed by atoms with Crippen LogP contribution in [0.2, 0.25) is 0 Å². The van der Waals surface area contributed by atoms with Gasteiger partial charge in [0.05, 0.1) is 11.1 Å². The van der Waals surface area contributed by atoms with Gasteiger partial charge in [-0.25, -0.2) is 4.98 Å². The van der Waals surface area contributed by atoms with Crippen LogP contribution in [0.25, 0.3) is 10.2 Å². The van der Waals surface area contributed by atoms with E-state index in [2.05, 4.69) is 41.2 Å². The fourth-order valence-electron chi connectivity index (χ4n) is 3.71. The van der Waals surface area contributed by atoms with E-state index in [0.717, 1.165) is 35.0 Å². The molecule has 0 fully saturated rings. The molecule has 3 aromatic heterocycles. The highest BCUT2D eigenvalue weighted by Gasteiger charge is 2.31. The van der Waals surface area contributed by atoms with Crippen molar-refractivity contribution in [3.63, 3.8) is 0 Å². The number of hydrogen-bond acceptors (Lipinski definition) is 7. The first-order valence-electron chi connectivity index (χ1n) is 9.61. The quantitative estimate of drug-likeness (QED) is 0.474. The predicted molar refractivity (Wildman–Crippen MR) is 116 cm³/mol. The Labute approximate surface area is 176 Å². The molecule has 1 aliphatic rings. The molecule has 1 aliphatic carbocycles. The van der Waals surface area contributed by atoms with Crippen molar-refractivity contribution in [2.75, 3.05) is 11.1 Å². The molecule has 7 nitrogen and oxygen atoms in total. The molecule has 0 saturated heterocycles. The van der Waals surface area contributed by atoms with E-state index in [1.54, 1.807) is 24.3 Å². The third kappa shape index (κ3) is 4.25. The van der Waals surface area contributed by atoms with Crippen LogP contribution in [0.15, 0.2) is 20.5 Å². The molecule has 0 saturated carbocycles. The number of fused-ring (bicyclic) bond motifs is 3. The topological polar surface area (TPSA) is 101 Å². The fraction of sp³-hybridized carbons (Fsp3) is 0.500. The van der Waals surface area contributed by atoms with Crippen LogP contribution in [0.5, 0.6) is 0 Å². The number of aryl methyl sites for hydroxylation is 2. The molecular weight excluding hydrogens is 408 g/mol. The highest BCUT2D eigenvalue weighted by atomic mass is 32.2. The molecule has 4 rings (SSSR count). The maximum atomic E-state index is 12.7. The van der Waals surface area contributed by atoms with Crippen LogP contribution in [-0.4, -0.2) is 26.8 Å². The smallest absolute Gasteiger partial charge is 0.260 e. The van der Waals surface area contributed by atoms with Crippen LogP contribution in [0.1, 0.15) is 43.4 Å². The van der Waals surface area contributed by atoms with E-state index in [-0.39, 0.29) is 22.6 Å². The highest BCUT2D eigenvalue weighted by Crippen LogP contribution is 2.42.